The zero-order valence-corrected chi connectivity index (χ0v) is 12.1. The van der Waals surface area contributed by atoms with E-state index in [4.69, 9.17) is 5.11 Å². The maximum atomic E-state index is 11.8. The fraction of sp³-hybridized carbons (Fsp3) is 0.769. The van der Waals surface area contributed by atoms with Gasteiger partial charge in [-0.05, 0) is 24.7 Å². The number of carbonyl (C=O) groups excluding carboxylic acids is 2. The molecule has 1 aliphatic rings. The predicted molar refractivity (Wildman–Crippen MR) is 71.1 cm³/mol. The van der Waals surface area contributed by atoms with E-state index in [-0.39, 0.29) is 11.5 Å². The molecule has 0 saturated heterocycles. The third kappa shape index (κ3) is 5.07. The fourth-order valence-electron chi connectivity index (χ4n) is 2.39. The van der Waals surface area contributed by atoms with Gasteiger partial charge in [0.15, 0.2) is 0 Å². The molecule has 0 spiro atoms. The Bertz CT molecular complexity index is 394. The summed E-state index contributed by atoms with van der Waals surface area (Å²) in [6.45, 7) is 4.26. The SMILES string of the molecule is COC(=O)C[C@H](NC(=O)NC1CCC(C)(C)C1)C(=O)O. The summed E-state index contributed by atoms with van der Waals surface area (Å²) in [5, 5.41) is 14.0. The van der Waals surface area contributed by atoms with Crippen LogP contribution < -0.4 is 10.6 Å². The Hall–Kier alpha value is -1.79. The lowest BCUT2D eigenvalue weighted by Crippen LogP contribution is -2.49. The van der Waals surface area contributed by atoms with Gasteiger partial charge in [0.25, 0.3) is 0 Å². The maximum absolute atomic E-state index is 11.8. The van der Waals surface area contributed by atoms with Crippen LogP contribution in [0, 0.1) is 5.41 Å². The number of esters is 1. The smallest absolute Gasteiger partial charge is 0.326 e. The van der Waals surface area contributed by atoms with Crippen molar-refractivity contribution in [2.45, 2.75) is 51.6 Å². The Morgan fingerprint density at radius 3 is 2.50 bits per heavy atom. The molecule has 0 heterocycles. The second-order valence-corrected chi connectivity index (χ2v) is 5.89. The Labute approximate surface area is 118 Å². The van der Waals surface area contributed by atoms with Crippen molar-refractivity contribution in [3.8, 4) is 0 Å². The first-order valence-corrected chi connectivity index (χ1v) is 6.60. The van der Waals surface area contributed by atoms with Gasteiger partial charge in [-0.1, -0.05) is 13.8 Å². The number of aliphatic carboxylic acids is 1. The van der Waals surface area contributed by atoms with Gasteiger partial charge in [-0.25, -0.2) is 9.59 Å². The zero-order chi connectivity index (χ0) is 15.3. The summed E-state index contributed by atoms with van der Waals surface area (Å²) in [5.74, 6) is -1.95. The van der Waals surface area contributed by atoms with Gasteiger partial charge in [0.2, 0.25) is 0 Å². The van der Waals surface area contributed by atoms with Crippen molar-refractivity contribution in [1.29, 1.82) is 0 Å². The summed E-state index contributed by atoms with van der Waals surface area (Å²) in [4.78, 5) is 33.8. The minimum absolute atomic E-state index is 0.0394. The van der Waals surface area contributed by atoms with E-state index in [0.717, 1.165) is 19.3 Å². The van der Waals surface area contributed by atoms with Crippen LogP contribution >= 0.6 is 0 Å². The summed E-state index contributed by atoms with van der Waals surface area (Å²) < 4.78 is 4.40. The van der Waals surface area contributed by atoms with Gasteiger partial charge in [0.05, 0.1) is 13.5 Å². The normalized spacial score (nSPS) is 21.9. The van der Waals surface area contributed by atoms with Gasteiger partial charge in [-0.15, -0.1) is 0 Å². The van der Waals surface area contributed by atoms with Crippen LogP contribution in [0.25, 0.3) is 0 Å². The first-order chi connectivity index (χ1) is 9.23. The number of hydrogen-bond donors (Lipinski definition) is 3. The summed E-state index contributed by atoms with van der Waals surface area (Å²) in [6, 6.07) is -1.81. The molecule has 114 valence electrons. The molecule has 1 saturated carbocycles. The van der Waals surface area contributed by atoms with Crippen molar-refractivity contribution in [3.63, 3.8) is 0 Å². The third-order valence-electron chi connectivity index (χ3n) is 3.51. The lowest BCUT2D eigenvalue weighted by molar-refractivity contribution is -0.147. The minimum atomic E-state index is -1.28. The average molecular weight is 286 g/mol. The molecule has 3 N–H and O–H groups in total. The highest BCUT2D eigenvalue weighted by Gasteiger charge is 2.32. The van der Waals surface area contributed by atoms with Crippen LogP contribution in [0.1, 0.15) is 39.5 Å². The molecule has 2 amide bonds. The van der Waals surface area contributed by atoms with E-state index in [9.17, 15) is 14.4 Å². The first-order valence-electron chi connectivity index (χ1n) is 6.60. The van der Waals surface area contributed by atoms with Crippen molar-refractivity contribution in [2.75, 3.05) is 7.11 Å². The zero-order valence-electron chi connectivity index (χ0n) is 12.1. The number of hydrogen-bond acceptors (Lipinski definition) is 4. The summed E-state index contributed by atoms with van der Waals surface area (Å²) in [6.07, 6.45) is 2.35. The van der Waals surface area contributed by atoms with Crippen LogP contribution in [0.3, 0.4) is 0 Å². The van der Waals surface area contributed by atoms with Gasteiger partial charge >= 0.3 is 18.0 Å². The maximum Gasteiger partial charge on any atom is 0.326 e. The average Bonchev–Trinajstić information content (AvgIpc) is 2.67. The van der Waals surface area contributed by atoms with Crippen LogP contribution in [-0.2, 0) is 14.3 Å². The van der Waals surface area contributed by atoms with Gasteiger partial charge in [0, 0.05) is 6.04 Å². The van der Waals surface area contributed by atoms with Crippen LogP contribution in [0.15, 0.2) is 0 Å². The number of nitrogens with one attached hydrogen (secondary N) is 2. The number of carbonyl (C=O) groups is 3. The van der Waals surface area contributed by atoms with Crippen molar-refractivity contribution in [2.24, 2.45) is 5.41 Å². The number of ether oxygens (including phenoxy) is 1. The number of carboxylic acid groups (broad SMARTS) is 1. The predicted octanol–water partition coefficient (Wildman–Crippen LogP) is 0.881. The molecule has 0 aromatic rings. The van der Waals surface area contributed by atoms with E-state index >= 15 is 0 Å². The molecule has 1 rings (SSSR count). The molecule has 7 heteroatoms. The topological polar surface area (TPSA) is 105 Å². The van der Waals surface area contributed by atoms with E-state index in [1.54, 1.807) is 0 Å². The molecule has 0 aromatic heterocycles. The lowest BCUT2D eigenvalue weighted by Gasteiger charge is -2.19. The van der Waals surface area contributed by atoms with Crippen LogP contribution in [-0.4, -0.2) is 42.3 Å². The molecule has 20 heavy (non-hydrogen) atoms. The Balaban J connectivity index is 2.46. The van der Waals surface area contributed by atoms with Crippen molar-refractivity contribution >= 4 is 18.0 Å². The van der Waals surface area contributed by atoms with Crippen molar-refractivity contribution in [3.05, 3.63) is 0 Å². The van der Waals surface area contributed by atoms with Gasteiger partial charge in [-0.2, -0.15) is 0 Å². The number of urea groups is 1. The van der Waals surface area contributed by atoms with Crippen LogP contribution in [0.4, 0.5) is 4.79 Å². The molecule has 0 aliphatic heterocycles. The molecule has 0 aromatic carbocycles. The highest BCUT2D eigenvalue weighted by Crippen LogP contribution is 2.36. The van der Waals surface area contributed by atoms with Crippen molar-refractivity contribution in [1.82, 2.24) is 10.6 Å². The van der Waals surface area contributed by atoms with E-state index in [1.807, 2.05) is 0 Å². The second-order valence-electron chi connectivity index (χ2n) is 5.89. The largest absolute Gasteiger partial charge is 0.480 e. The number of amides is 2. The summed E-state index contributed by atoms with van der Waals surface area (Å²) in [5.41, 5.74) is 0.191. The molecule has 0 bridgehead atoms. The highest BCUT2D eigenvalue weighted by molar-refractivity contribution is 5.86. The van der Waals surface area contributed by atoms with E-state index in [1.165, 1.54) is 7.11 Å². The molecular formula is C13H22N2O5. The number of methoxy groups -OCH3 is 1. The molecule has 0 radical (unpaired) electrons. The third-order valence-corrected chi connectivity index (χ3v) is 3.51. The van der Waals surface area contributed by atoms with E-state index < -0.39 is 30.4 Å². The number of rotatable bonds is 5. The Kier molecular flexibility index (Phi) is 5.35. The quantitative estimate of drug-likeness (QED) is 0.651. The monoisotopic (exact) mass is 286 g/mol. The van der Waals surface area contributed by atoms with Crippen molar-refractivity contribution < 1.29 is 24.2 Å². The second kappa shape index (κ2) is 6.58. The molecule has 2 atom stereocenters. The first kappa shape index (κ1) is 16.3. The van der Waals surface area contributed by atoms with Gasteiger partial charge in [0.1, 0.15) is 6.04 Å². The molecule has 7 nitrogen and oxygen atoms in total. The van der Waals surface area contributed by atoms with E-state index in [0.29, 0.717) is 0 Å². The van der Waals surface area contributed by atoms with Crippen LogP contribution in [0.2, 0.25) is 0 Å². The molecular weight excluding hydrogens is 264 g/mol. The fourth-order valence-corrected chi connectivity index (χ4v) is 2.39. The summed E-state index contributed by atoms with van der Waals surface area (Å²) in [7, 11) is 1.17. The molecule has 1 fully saturated rings. The minimum Gasteiger partial charge on any atom is -0.480 e. The number of carboxylic acids is 1. The summed E-state index contributed by atoms with van der Waals surface area (Å²) >= 11 is 0. The van der Waals surface area contributed by atoms with Crippen LogP contribution in [0.5, 0.6) is 0 Å². The Morgan fingerprint density at radius 2 is 2.05 bits per heavy atom. The standard InChI is InChI=1S/C13H22N2O5/c1-13(2)5-4-8(7-13)14-12(19)15-9(11(17)18)6-10(16)20-3/h8-9H,4-7H2,1-3H3,(H,17,18)(H2,14,15,19)/t8?,9-/m0/s1. The highest BCUT2D eigenvalue weighted by atomic mass is 16.5. The molecule has 1 aliphatic carbocycles. The van der Waals surface area contributed by atoms with E-state index in [2.05, 4.69) is 29.2 Å². The van der Waals surface area contributed by atoms with Gasteiger partial charge < -0.3 is 20.5 Å². The Morgan fingerprint density at radius 1 is 1.40 bits per heavy atom. The van der Waals surface area contributed by atoms with Gasteiger partial charge in [-0.3, -0.25) is 4.79 Å². The lowest BCUT2D eigenvalue weighted by atomic mass is 9.92. The molecule has 1 unspecified atom stereocenters.